The van der Waals surface area contributed by atoms with Crippen LogP contribution in [0, 0.1) is 34.9 Å². The lowest BCUT2D eigenvalue weighted by atomic mass is 10.0. The molecule has 39 heavy (non-hydrogen) atoms. The van der Waals surface area contributed by atoms with E-state index in [1.807, 2.05) is 24.3 Å². The Morgan fingerprint density at radius 1 is 0.590 bits per heavy atom. The first kappa shape index (κ1) is 28.1. The number of hydrogen-bond acceptors (Lipinski definition) is 1. The van der Waals surface area contributed by atoms with Gasteiger partial charge in [0.25, 0.3) is 0 Å². The van der Waals surface area contributed by atoms with Crippen molar-refractivity contribution in [2.45, 2.75) is 38.7 Å². The van der Waals surface area contributed by atoms with Crippen LogP contribution >= 0.6 is 0 Å². The maximum Gasteiger partial charge on any atom is 0.429 e. The van der Waals surface area contributed by atoms with Crippen molar-refractivity contribution in [3.05, 3.63) is 124 Å². The topological polar surface area (TPSA) is 9.23 Å². The Hall–Kier alpha value is -3.88. The zero-order valence-corrected chi connectivity index (χ0v) is 20.6. The Balaban J connectivity index is 1.50. The van der Waals surface area contributed by atoms with Crippen LogP contribution in [-0.4, -0.2) is 0 Å². The van der Waals surface area contributed by atoms with Gasteiger partial charge in [-0.3, -0.25) is 0 Å². The van der Waals surface area contributed by atoms with Crippen LogP contribution in [0.3, 0.4) is 0 Å². The van der Waals surface area contributed by atoms with Crippen molar-refractivity contribution < 1.29 is 39.9 Å². The molecule has 0 aliphatic heterocycles. The molecule has 0 atom stereocenters. The maximum absolute atomic E-state index is 14.8. The fourth-order valence-electron chi connectivity index (χ4n) is 4.14. The van der Waals surface area contributed by atoms with Gasteiger partial charge in [0.05, 0.1) is 5.56 Å². The molecular formula is C30H22F8O. The van der Waals surface area contributed by atoms with Crippen molar-refractivity contribution in [3.63, 3.8) is 0 Å². The van der Waals surface area contributed by atoms with Crippen LogP contribution < -0.4 is 4.74 Å². The summed E-state index contributed by atoms with van der Waals surface area (Å²) in [5.41, 5.74) is 0.158. The number of aryl methyl sites for hydroxylation is 3. The predicted octanol–water partition coefficient (Wildman–Crippen LogP) is 9.05. The second-order valence-corrected chi connectivity index (χ2v) is 8.99. The molecule has 0 aliphatic carbocycles. The molecule has 4 aromatic carbocycles. The number of rotatable bonds is 9. The molecule has 0 fully saturated rings. The Kier molecular flexibility index (Phi) is 8.28. The maximum atomic E-state index is 14.8. The highest BCUT2D eigenvalue weighted by atomic mass is 19.3. The Morgan fingerprint density at radius 3 is 1.74 bits per heavy atom. The predicted molar refractivity (Wildman–Crippen MR) is 130 cm³/mol. The molecule has 0 heterocycles. The van der Waals surface area contributed by atoms with Gasteiger partial charge >= 0.3 is 6.11 Å². The first-order chi connectivity index (χ1) is 18.5. The first-order valence-electron chi connectivity index (χ1n) is 12.1. The van der Waals surface area contributed by atoms with Crippen molar-refractivity contribution in [2.24, 2.45) is 0 Å². The van der Waals surface area contributed by atoms with Gasteiger partial charge in [-0.05, 0) is 77.9 Å². The summed E-state index contributed by atoms with van der Waals surface area (Å²) >= 11 is 0. The number of hydrogen-bond donors (Lipinski definition) is 0. The van der Waals surface area contributed by atoms with E-state index >= 15 is 0 Å². The number of ether oxygens (including phenoxy) is 1. The molecule has 4 aromatic rings. The van der Waals surface area contributed by atoms with Crippen LogP contribution in [0.15, 0.2) is 66.7 Å². The van der Waals surface area contributed by atoms with E-state index in [4.69, 9.17) is 0 Å². The second-order valence-electron chi connectivity index (χ2n) is 8.99. The van der Waals surface area contributed by atoms with E-state index in [9.17, 15) is 35.1 Å². The largest absolute Gasteiger partial charge is 0.429 e. The molecule has 0 N–H and O–H groups in total. The van der Waals surface area contributed by atoms with E-state index in [-0.39, 0.29) is 0 Å². The normalized spacial score (nSPS) is 11.6. The molecule has 0 amide bonds. The summed E-state index contributed by atoms with van der Waals surface area (Å²) in [7, 11) is 0. The minimum atomic E-state index is -4.39. The van der Waals surface area contributed by atoms with Crippen molar-refractivity contribution in [1.29, 1.82) is 0 Å². The van der Waals surface area contributed by atoms with E-state index in [1.165, 1.54) is 11.6 Å². The number of halogens is 8. The lowest BCUT2D eigenvalue weighted by Gasteiger charge is -2.20. The molecule has 0 aromatic heterocycles. The van der Waals surface area contributed by atoms with E-state index in [0.717, 1.165) is 36.6 Å². The fourth-order valence-corrected chi connectivity index (χ4v) is 4.14. The number of alkyl halides is 2. The van der Waals surface area contributed by atoms with E-state index < -0.39 is 63.5 Å². The smallest absolute Gasteiger partial charge is 0.426 e. The quantitative estimate of drug-likeness (QED) is 0.149. The van der Waals surface area contributed by atoms with E-state index in [0.29, 0.717) is 36.6 Å². The molecule has 4 rings (SSSR count). The van der Waals surface area contributed by atoms with Crippen molar-refractivity contribution in [2.75, 3.05) is 0 Å². The van der Waals surface area contributed by atoms with Gasteiger partial charge in [0, 0.05) is 5.56 Å². The average Bonchev–Trinajstić information content (AvgIpc) is 2.89. The second kappa shape index (κ2) is 11.5. The molecule has 0 bridgehead atoms. The van der Waals surface area contributed by atoms with Gasteiger partial charge in [-0.1, -0.05) is 43.7 Å². The monoisotopic (exact) mass is 550 g/mol. The summed E-state index contributed by atoms with van der Waals surface area (Å²) in [4.78, 5) is 0. The van der Waals surface area contributed by atoms with Gasteiger partial charge in [-0.15, -0.1) is 0 Å². The van der Waals surface area contributed by atoms with Crippen LogP contribution in [-0.2, 0) is 25.4 Å². The van der Waals surface area contributed by atoms with Crippen LogP contribution in [0.1, 0.15) is 35.6 Å². The van der Waals surface area contributed by atoms with Gasteiger partial charge < -0.3 is 4.74 Å². The Bertz CT molecular complexity index is 1460. The minimum Gasteiger partial charge on any atom is -0.426 e. The molecule has 0 aliphatic rings. The minimum absolute atomic E-state index is 0.378. The third-order valence-corrected chi connectivity index (χ3v) is 6.19. The van der Waals surface area contributed by atoms with Crippen LogP contribution in [0.2, 0.25) is 0 Å². The number of benzene rings is 4. The van der Waals surface area contributed by atoms with Gasteiger partial charge in [-0.2, -0.15) is 13.2 Å². The molecule has 204 valence electrons. The third kappa shape index (κ3) is 6.24. The SMILES string of the molecule is CCCc1ccc(CCc2ccc(C(F)(F)Oc3ccc(-c4cc(F)c(F)c(F)c4)c(F)c3F)c(F)c2)cc1. The highest BCUT2D eigenvalue weighted by molar-refractivity contribution is 5.65. The fraction of sp³-hybridized carbons (Fsp3) is 0.200. The van der Waals surface area contributed by atoms with Crippen LogP contribution in [0.4, 0.5) is 35.1 Å². The lowest BCUT2D eigenvalue weighted by Crippen LogP contribution is -2.24. The van der Waals surface area contributed by atoms with Gasteiger partial charge in [0.15, 0.2) is 29.0 Å². The van der Waals surface area contributed by atoms with Crippen LogP contribution in [0.5, 0.6) is 5.75 Å². The zero-order chi connectivity index (χ0) is 28.3. The molecular weight excluding hydrogens is 528 g/mol. The Labute approximate surface area is 219 Å². The Morgan fingerprint density at radius 2 is 1.15 bits per heavy atom. The molecule has 0 radical (unpaired) electrons. The molecule has 0 saturated heterocycles. The van der Waals surface area contributed by atoms with Crippen molar-refractivity contribution in [1.82, 2.24) is 0 Å². The highest BCUT2D eigenvalue weighted by Crippen LogP contribution is 2.37. The van der Waals surface area contributed by atoms with Gasteiger partial charge in [0.2, 0.25) is 5.82 Å². The summed E-state index contributed by atoms with van der Waals surface area (Å²) < 4.78 is 118. The third-order valence-electron chi connectivity index (χ3n) is 6.19. The molecule has 0 spiro atoms. The highest BCUT2D eigenvalue weighted by Gasteiger charge is 2.39. The summed E-state index contributed by atoms with van der Waals surface area (Å²) in [6.45, 7) is 2.08. The van der Waals surface area contributed by atoms with Gasteiger partial charge in [-0.25, -0.2) is 22.0 Å². The van der Waals surface area contributed by atoms with Crippen LogP contribution in [0.25, 0.3) is 11.1 Å². The van der Waals surface area contributed by atoms with E-state index in [2.05, 4.69) is 11.7 Å². The summed E-state index contributed by atoms with van der Waals surface area (Å²) in [5, 5.41) is 0. The van der Waals surface area contributed by atoms with Crippen molar-refractivity contribution in [3.8, 4) is 16.9 Å². The van der Waals surface area contributed by atoms with Crippen molar-refractivity contribution >= 4 is 0 Å². The van der Waals surface area contributed by atoms with Gasteiger partial charge in [0.1, 0.15) is 5.82 Å². The zero-order valence-electron chi connectivity index (χ0n) is 20.6. The molecule has 0 saturated carbocycles. The first-order valence-corrected chi connectivity index (χ1v) is 12.1. The van der Waals surface area contributed by atoms with E-state index in [1.54, 1.807) is 0 Å². The lowest BCUT2D eigenvalue weighted by molar-refractivity contribution is -0.189. The summed E-state index contributed by atoms with van der Waals surface area (Å²) in [6.07, 6.45) is -1.48. The molecule has 0 unspecified atom stereocenters. The summed E-state index contributed by atoms with van der Waals surface area (Å²) in [5.74, 6) is -11.4. The molecule has 9 heteroatoms. The standard InChI is InChI=1S/C30H22F8O/c1-2-3-17-4-6-18(7-5-17)8-9-19-10-12-22(23(31)14-19)30(37,38)39-26-13-11-21(27(34)29(26)36)20-15-24(32)28(35)25(33)16-20/h4-7,10-16H,2-3,8-9H2,1H3. The average molecular weight is 550 g/mol. The molecule has 1 nitrogen and oxygen atoms in total. The summed E-state index contributed by atoms with van der Waals surface area (Å²) in [6, 6.07) is 13.1.